The third kappa shape index (κ3) is 3.43. The van der Waals surface area contributed by atoms with Crippen molar-refractivity contribution in [2.24, 2.45) is 0 Å². The van der Waals surface area contributed by atoms with E-state index >= 15 is 0 Å². The van der Waals surface area contributed by atoms with Gasteiger partial charge in [-0.3, -0.25) is 4.79 Å². The number of amides is 1. The summed E-state index contributed by atoms with van der Waals surface area (Å²) in [6, 6.07) is 12.8. The molecule has 0 saturated carbocycles. The molecule has 0 unspecified atom stereocenters. The fourth-order valence-electron chi connectivity index (χ4n) is 1.88. The fourth-order valence-corrected chi connectivity index (χ4v) is 2.68. The molecule has 2 aromatic carbocycles. The van der Waals surface area contributed by atoms with Crippen LogP contribution in [0.5, 0.6) is 0 Å². The molecule has 0 atom stereocenters. The van der Waals surface area contributed by atoms with Crippen molar-refractivity contribution in [1.29, 1.82) is 0 Å². The maximum atomic E-state index is 12.4. The van der Waals surface area contributed by atoms with E-state index in [0.29, 0.717) is 22.8 Å². The van der Waals surface area contributed by atoms with Gasteiger partial charge in [0.25, 0.3) is 5.91 Å². The van der Waals surface area contributed by atoms with E-state index in [9.17, 15) is 4.79 Å². The van der Waals surface area contributed by atoms with Gasteiger partial charge in [0, 0.05) is 27.9 Å². The van der Waals surface area contributed by atoms with Crippen LogP contribution in [0, 0.1) is 3.57 Å². The maximum Gasteiger partial charge on any atom is 0.254 e. The van der Waals surface area contributed by atoms with Crippen molar-refractivity contribution < 1.29 is 4.79 Å². The lowest BCUT2D eigenvalue weighted by Crippen LogP contribution is -2.27. The van der Waals surface area contributed by atoms with Gasteiger partial charge in [-0.25, -0.2) is 0 Å². The van der Waals surface area contributed by atoms with Crippen LogP contribution in [0.4, 0.5) is 5.69 Å². The van der Waals surface area contributed by atoms with E-state index in [1.165, 1.54) is 0 Å². The molecule has 2 N–H and O–H groups in total. The molecular weight excluding hydrogens is 387 g/mol. The molecule has 0 saturated heterocycles. The second kappa shape index (κ2) is 6.45. The Hall–Kier alpha value is -1.27. The standard InChI is InChI=1S/C15H14ClIN2O/c1-19(9-10-8-11(18)6-7-13(10)16)15(20)12-4-2-3-5-14(12)17/h2-8H,9,18H2,1H3. The highest BCUT2D eigenvalue weighted by Crippen LogP contribution is 2.21. The first kappa shape index (κ1) is 15.1. The van der Waals surface area contributed by atoms with Gasteiger partial charge in [0.05, 0.1) is 5.56 Å². The highest BCUT2D eigenvalue weighted by atomic mass is 127. The Morgan fingerprint density at radius 1 is 1.30 bits per heavy atom. The maximum absolute atomic E-state index is 12.4. The number of carbonyl (C=O) groups excluding carboxylic acids is 1. The molecule has 2 aromatic rings. The zero-order valence-corrected chi connectivity index (χ0v) is 13.9. The van der Waals surface area contributed by atoms with Crippen molar-refractivity contribution in [3.8, 4) is 0 Å². The molecule has 0 radical (unpaired) electrons. The monoisotopic (exact) mass is 400 g/mol. The summed E-state index contributed by atoms with van der Waals surface area (Å²) in [4.78, 5) is 14.0. The summed E-state index contributed by atoms with van der Waals surface area (Å²) in [6.45, 7) is 0.424. The van der Waals surface area contributed by atoms with Gasteiger partial charge in [-0.1, -0.05) is 23.7 Å². The summed E-state index contributed by atoms with van der Waals surface area (Å²) in [5.41, 5.74) is 7.92. The van der Waals surface area contributed by atoms with Crippen LogP contribution in [0.2, 0.25) is 5.02 Å². The summed E-state index contributed by atoms with van der Waals surface area (Å²) in [7, 11) is 1.75. The van der Waals surface area contributed by atoms with E-state index in [0.717, 1.165) is 9.13 Å². The predicted molar refractivity (Wildman–Crippen MR) is 90.8 cm³/mol. The van der Waals surface area contributed by atoms with E-state index in [1.54, 1.807) is 30.1 Å². The van der Waals surface area contributed by atoms with Gasteiger partial charge in [-0.05, 0) is 58.5 Å². The molecule has 104 valence electrons. The molecule has 5 heteroatoms. The largest absolute Gasteiger partial charge is 0.399 e. The summed E-state index contributed by atoms with van der Waals surface area (Å²) in [5.74, 6) is -0.0338. The average molecular weight is 401 g/mol. The number of nitrogens with two attached hydrogens (primary N) is 1. The molecule has 0 fully saturated rings. The Labute approximate surface area is 136 Å². The third-order valence-corrected chi connectivity index (χ3v) is 4.24. The number of hydrogen-bond donors (Lipinski definition) is 1. The summed E-state index contributed by atoms with van der Waals surface area (Å²) in [6.07, 6.45) is 0. The third-order valence-electron chi connectivity index (χ3n) is 2.93. The lowest BCUT2D eigenvalue weighted by molar-refractivity contribution is 0.0784. The Bertz CT molecular complexity index is 646. The Kier molecular flexibility index (Phi) is 4.88. The zero-order valence-electron chi connectivity index (χ0n) is 10.9. The summed E-state index contributed by atoms with van der Waals surface area (Å²) < 4.78 is 0.931. The van der Waals surface area contributed by atoms with Crippen molar-refractivity contribution in [3.63, 3.8) is 0 Å². The average Bonchev–Trinajstić information content (AvgIpc) is 2.42. The lowest BCUT2D eigenvalue weighted by Gasteiger charge is -2.19. The molecule has 2 rings (SSSR count). The number of halogens is 2. The van der Waals surface area contributed by atoms with E-state index in [4.69, 9.17) is 17.3 Å². The van der Waals surface area contributed by atoms with Crippen LogP contribution in [-0.2, 0) is 6.54 Å². The molecule has 1 amide bonds. The van der Waals surface area contributed by atoms with Gasteiger partial charge >= 0.3 is 0 Å². The van der Waals surface area contributed by atoms with Gasteiger partial charge in [0.2, 0.25) is 0 Å². The van der Waals surface area contributed by atoms with Crippen LogP contribution < -0.4 is 5.73 Å². The topological polar surface area (TPSA) is 46.3 Å². The molecular formula is C15H14ClIN2O. The quantitative estimate of drug-likeness (QED) is 0.629. The van der Waals surface area contributed by atoms with Gasteiger partial charge in [0.15, 0.2) is 0 Å². The second-order valence-electron chi connectivity index (χ2n) is 4.49. The number of anilines is 1. The Balaban J connectivity index is 2.20. The minimum atomic E-state index is -0.0338. The second-order valence-corrected chi connectivity index (χ2v) is 6.06. The van der Waals surface area contributed by atoms with Crippen molar-refractivity contribution in [1.82, 2.24) is 4.90 Å². The van der Waals surface area contributed by atoms with Crippen LogP contribution in [0.3, 0.4) is 0 Å². The predicted octanol–water partition coefficient (Wildman–Crippen LogP) is 3.80. The molecule has 0 bridgehead atoms. The van der Waals surface area contributed by atoms with Crippen LogP contribution in [0.1, 0.15) is 15.9 Å². The van der Waals surface area contributed by atoms with E-state index in [2.05, 4.69) is 22.6 Å². The number of benzene rings is 2. The zero-order chi connectivity index (χ0) is 14.7. The molecule has 20 heavy (non-hydrogen) atoms. The highest BCUT2D eigenvalue weighted by Gasteiger charge is 2.15. The van der Waals surface area contributed by atoms with Gasteiger partial charge in [-0.2, -0.15) is 0 Å². The number of hydrogen-bond acceptors (Lipinski definition) is 2. The van der Waals surface area contributed by atoms with Crippen molar-refractivity contribution in [2.75, 3.05) is 12.8 Å². The Morgan fingerprint density at radius 2 is 2.00 bits per heavy atom. The van der Waals surface area contributed by atoms with Crippen LogP contribution >= 0.6 is 34.2 Å². The number of nitrogens with zero attached hydrogens (tertiary/aromatic N) is 1. The lowest BCUT2D eigenvalue weighted by atomic mass is 10.1. The number of carbonyl (C=O) groups is 1. The molecule has 0 heterocycles. The number of nitrogen functional groups attached to an aromatic ring is 1. The van der Waals surface area contributed by atoms with E-state index < -0.39 is 0 Å². The number of rotatable bonds is 3. The van der Waals surface area contributed by atoms with Crippen LogP contribution in [0.15, 0.2) is 42.5 Å². The minimum Gasteiger partial charge on any atom is -0.399 e. The molecule has 0 aliphatic carbocycles. The molecule has 0 aromatic heterocycles. The first-order valence-corrected chi connectivity index (χ1v) is 7.48. The van der Waals surface area contributed by atoms with Crippen LogP contribution in [-0.4, -0.2) is 17.9 Å². The normalized spacial score (nSPS) is 10.3. The molecule has 0 spiro atoms. The van der Waals surface area contributed by atoms with Gasteiger partial charge in [0.1, 0.15) is 0 Å². The smallest absolute Gasteiger partial charge is 0.254 e. The minimum absolute atomic E-state index is 0.0338. The molecule has 3 nitrogen and oxygen atoms in total. The first-order valence-electron chi connectivity index (χ1n) is 6.03. The first-order chi connectivity index (χ1) is 9.49. The van der Waals surface area contributed by atoms with Gasteiger partial charge < -0.3 is 10.6 Å². The fraction of sp³-hybridized carbons (Fsp3) is 0.133. The van der Waals surface area contributed by atoms with E-state index in [1.807, 2.05) is 24.3 Å². The molecule has 0 aliphatic heterocycles. The van der Waals surface area contributed by atoms with Gasteiger partial charge in [-0.15, -0.1) is 0 Å². The SMILES string of the molecule is CN(Cc1cc(N)ccc1Cl)C(=O)c1ccccc1I. The van der Waals surface area contributed by atoms with Crippen molar-refractivity contribution in [2.45, 2.75) is 6.54 Å². The van der Waals surface area contributed by atoms with Crippen molar-refractivity contribution in [3.05, 3.63) is 62.2 Å². The van der Waals surface area contributed by atoms with Crippen LogP contribution in [0.25, 0.3) is 0 Å². The van der Waals surface area contributed by atoms with Crippen molar-refractivity contribution >= 4 is 45.8 Å². The van der Waals surface area contributed by atoms with E-state index in [-0.39, 0.29) is 5.91 Å². The molecule has 0 aliphatic rings. The highest BCUT2D eigenvalue weighted by molar-refractivity contribution is 14.1. The summed E-state index contributed by atoms with van der Waals surface area (Å²) in [5, 5.41) is 0.613. The summed E-state index contributed by atoms with van der Waals surface area (Å²) >= 11 is 8.29. The Morgan fingerprint density at radius 3 is 2.70 bits per heavy atom.